The number of hydrogen-bond acceptors (Lipinski definition) is 6. The lowest BCUT2D eigenvalue weighted by Crippen LogP contribution is -2.14. The van der Waals surface area contributed by atoms with Crippen molar-refractivity contribution in [1.82, 2.24) is 9.97 Å². The molecule has 1 heterocycles. The predicted octanol–water partition coefficient (Wildman–Crippen LogP) is 2.11. The first-order valence-corrected chi connectivity index (χ1v) is 7.10. The van der Waals surface area contributed by atoms with Crippen LogP contribution in [-0.4, -0.2) is 50.0 Å². The van der Waals surface area contributed by atoms with Gasteiger partial charge in [-0.25, -0.2) is 9.97 Å². The maximum atomic E-state index is 5.40. The SMILES string of the molecule is CCNc1cc(NCCOCCOC)nc(C(C)C)n1. The predicted molar refractivity (Wildman–Crippen MR) is 81.5 cm³/mol. The number of nitrogens with zero attached hydrogens (tertiary/aromatic N) is 2. The Hall–Kier alpha value is -1.40. The largest absolute Gasteiger partial charge is 0.382 e. The zero-order chi connectivity index (χ0) is 14.8. The Morgan fingerprint density at radius 2 is 1.80 bits per heavy atom. The van der Waals surface area contributed by atoms with Crippen molar-refractivity contribution >= 4 is 11.6 Å². The van der Waals surface area contributed by atoms with Gasteiger partial charge in [0, 0.05) is 32.2 Å². The Kier molecular flexibility index (Phi) is 7.91. The van der Waals surface area contributed by atoms with Crippen molar-refractivity contribution in [3.05, 3.63) is 11.9 Å². The molecule has 0 aliphatic rings. The van der Waals surface area contributed by atoms with Crippen molar-refractivity contribution in [3.63, 3.8) is 0 Å². The minimum atomic E-state index is 0.298. The van der Waals surface area contributed by atoms with E-state index in [0.717, 1.165) is 24.0 Å². The molecule has 1 aromatic rings. The highest BCUT2D eigenvalue weighted by Gasteiger charge is 2.07. The van der Waals surface area contributed by atoms with E-state index in [2.05, 4.69) is 34.4 Å². The molecule has 0 unspecified atom stereocenters. The standard InChI is InChI=1S/C14H26N4O2/c1-5-15-12-10-13(18-14(17-12)11(2)3)16-6-7-20-9-8-19-4/h10-11H,5-9H2,1-4H3,(H2,15,16,17,18). The molecule has 0 aliphatic heterocycles. The molecule has 0 radical (unpaired) electrons. The fourth-order valence-corrected chi connectivity index (χ4v) is 1.58. The Balaban J connectivity index is 2.50. The number of aromatic nitrogens is 2. The molecule has 1 rings (SSSR count). The summed E-state index contributed by atoms with van der Waals surface area (Å²) in [6.45, 7) is 9.63. The lowest BCUT2D eigenvalue weighted by molar-refractivity contribution is 0.0759. The van der Waals surface area contributed by atoms with Crippen LogP contribution >= 0.6 is 0 Å². The quantitative estimate of drug-likeness (QED) is 0.641. The average Bonchev–Trinajstić information content (AvgIpc) is 2.43. The summed E-state index contributed by atoms with van der Waals surface area (Å²) in [7, 11) is 1.66. The lowest BCUT2D eigenvalue weighted by Gasteiger charge is -2.12. The molecule has 0 aliphatic carbocycles. The first-order valence-electron chi connectivity index (χ1n) is 7.10. The first-order chi connectivity index (χ1) is 9.67. The Morgan fingerprint density at radius 1 is 1.10 bits per heavy atom. The molecule has 0 saturated heterocycles. The highest BCUT2D eigenvalue weighted by molar-refractivity contribution is 5.47. The number of anilines is 2. The maximum absolute atomic E-state index is 5.40. The van der Waals surface area contributed by atoms with Crippen molar-refractivity contribution in [2.24, 2.45) is 0 Å². The van der Waals surface area contributed by atoms with Crippen molar-refractivity contribution in [3.8, 4) is 0 Å². The molecule has 20 heavy (non-hydrogen) atoms. The molecule has 6 heteroatoms. The Bertz CT molecular complexity index is 385. The van der Waals surface area contributed by atoms with Gasteiger partial charge in [0.1, 0.15) is 17.5 Å². The lowest BCUT2D eigenvalue weighted by atomic mass is 10.2. The van der Waals surface area contributed by atoms with Crippen molar-refractivity contribution in [2.45, 2.75) is 26.7 Å². The number of hydrogen-bond donors (Lipinski definition) is 2. The van der Waals surface area contributed by atoms with Crippen LogP contribution in [0, 0.1) is 0 Å². The fraction of sp³-hybridized carbons (Fsp3) is 0.714. The molecule has 0 atom stereocenters. The van der Waals surface area contributed by atoms with Gasteiger partial charge in [-0.2, -0.15) is 0 Å². The molecular formula is C14H26N4O2. The third kappa shape index (κ3) is 6.16. The monoisotopic (exact) mass is 282 g/mol. The summed E-state index contributed by atoms with van der Waals surface area (Å²) in [6.07, 6.45) is 0. The average molecular weight is 282 g/mol. The van der Waals surface area contributed by atoms with Crippen LogP contribution in [0.1, 0.15) is 32.5 Å². The summed E-state index contributed by atoms with van der Waals surface area (Å²) in [5, 5.41) is 6.48. The molecule has 0 amide bonds. The highest BCUT2D eigenvalue weighted by Crippen LogP contribution is 2.16. The van der Waals surface area contributed by atoms with Crippen LogP contribution in [0.5, 0.6) is 0 Å². The topological polar surface area (TPSA) is 68.3 Å². The number of nitrogens with one attached hydrogen (secondary N) is 2. The van der Waals surface area contributed by atoms with Gasteiger partial charge in [-0.05, 0) is 6.92 Å². The van der Waals surface area contributed by atoms with Gasteiger partial charge in [0.25, 0.3) is 0 Å². The molecule has 2 N–H and O–H groups in total. The van der Waals surface area contributed by atoms with E-state index in [-0.39, 0.29) is 0 Å². The summed E-state index contributed by atoms with van der Waals surface area (Å²) in [6, 6.07) is 1.92. The number of methoxy groups -OCH3 is 1. The van der Waals surface area contributed by atoms with Crippen LogP contribution in [0.3, 0.4) is 0 Å². The maximum Gasteiger partial charge on any atom is 0.135 e. The van der Waals surface area contributed by atoms with Crippen molar-refractivity contribution < 1.29 is 9.47 Å². The second-order valence-corrected chi connectivity index (χ2v) is 4.71. The number of ether oxygens (including phenoxy) is 2. The van der Waals surface area contributed by atoms with E-state index in [4.69, 9.17) is 9.47 Å². The molecule has 0 aromatic carbocycles. The van der Waals surface area contributed by atoms with E-state index in [1.54, 1.807) is 7.11 Å². The van der Waals surface area contributed by atoms with Crippen LogP contribution in [0.25, 0.3) is 0 Å². The third-order valence-corrected chi connectivity index (χ3v) is 2.60. The van der Waals surface area contributed by atoms with Crippen LogP contribution in [-0.2, 0) is 9.47 Å². The Labute approximate surface area is 121 Å². The zero-order valence-electron chi connectivity index (χ0n) is 12.9. The summed E-state index contributed by atoms with van der Waals surface area (Å²) in [5.41, 5.74) is 0. The van der Waals surface area contributed by atoms with Gasteiger partial charge >= 0.3 is 0 Å². The van der Waals surface area contributed by atoms with Gasteiger partial charge in [0.15, 0.2) is 0 Å². The van der Waals surface area contributed by atoms with Gasteiger partial charge in [-0.15, -0.1) is 0 Å². The minimum absolute atomic E-state index is 0.298. The van der Waals surface area contributed by atoms with Crippen LogP contribution in [0.2, 0.25) is 0 Å². The van der Waals surface area contributed by atoms with E-state index in [9.17, 15) is 0 Å². The fourth-order valence-electron chi connectivity index (χ4n) is 1.58. The normalized spacial score (nSPS) is 10.8. The van der Waals surface area contributed by atoms with Gasteiger partial charge in [0.05, 0.1) is 19.8 Å². The summed E-state index contributed by atoms with van der Waals surface area (Å²) >= 11 is 0. The Morgan fingerprint density at radius 3 is 2.40 bits per heavy atom. The van der Waals surface area contributed by atoms with Gasteiger partial charge < -0.3 is 20.1 Å². The van der Waals surface area contributed by atoms with Gasteiger partial charge in [-0.1, -0.05) is 13.8 Å². The summed E-state index contributed by atoms with van der Waals surface area (Å²) in [4.78, 5) is 8.99. The molecule has 0 bridgehead atoms. The van der Waals surface area contributed by atoms with E-state index in [0.29, 0.717) is 32.3 Å². The van der Waals surface area contributed by atoms with Gasteiger partial charge in [-0.3, -0.25) is 0 Å². The van der Waals surface area contributed by atoms with E-state index in [1.807, 2.05) is 13.0 Å². The highest BCUT2D eigenvalue weighted by atomic mass is 16.5. The second-order valence-electron chi connectivity index (χ2n) is 4.71. The molecule has 0 fully saturated rings. The van der Waals surface area contributed by atoms with E-state index < -0.39 is 0 Å². The summed E-state index contributed by atoms with van der Waals surface area (Å²) in [5.74, 6) is 2.82. The molecule has 1 aromatic heterocycles. The molecule has 0 spiro atoms. The smallest absolute Gasteiger partial charge is 0.135 e. The van der Waals surface area contributed by atoms with Crippen LogP contribution in [0.15, 0.2) is 6.07 Å². The molecule has 6 nitrogen and oxygen atoms in total. The van der Waals surface area contributed by atoms with Crippen LogP contribution < -0.4 is 10.6 Å². The molecular weight excluding hydrogens is 256 g/mol. The molecule has 114 valence electrons. The number of rotatable bonds is 10. The summed E-state index contributed by atoms with van der Waals surface area (Å²) < 4.78 is 10.3. The molecule has 0 saturated carbocycles. The van der Waals surface area contributed by atoms with Crippen LogP contribution in [0.4, 0.5) is 11.6 Å². The van der Waals surface area contributed by atoms with E-state index >= 15 is 0 Å². The van der Waals surface area contributed by atoms with Gasteiger partial charge in [0.2, 0.25) is 0 Å². The first kappa shape index (κ1) is 16.7. The van der Waals surface area contributed by atoms with Crippen molar-refractivity contribution in [1.29, 1.82) is 0 Å². The third-order valence-electron chi connectivity index (χ3n) is 2.60. The van der Waals surface area contributed by atoms with Crippen molar-refractivity contribution in [2.75, 3.05) is 50.7 Å². The van der Waals surface area contributed by atoms with E-state index in [1.165, 1.54) is 0 Å². The minimum Gasteiger partial charge on any atom is -0.382 e. The zero-order valence-corrected chi connectivity index (χ0v) is 12.9. The second kappa shape index (κ2) is 9.50.